The minimum atomic E-state index is -0.201. The van der Waals surface area contributed by atoms with Gasteiger partial charge in [0.05, 0.1) is 30.1 Å². The molecule has 3 aromatic rings. The third kappa shape index (κ3) is 3.19. The molecule has 0 aliphatic heterocycles. The van der Waals surface area contributed by atoms with Crippen LogP contribution >= 0.6 is 0 Å². The van der Waals surface area contributed by atoms with Crippen LogP contribution < -0.4 is 10.1 Å². The molecule has 3 rings (SSSR count). The molecule has 0 saturated heterocycles. The third-order valence-corrected chi connectivity index (χ3v) is 3.57. The molecule has 0 unspecified atom stereocenters. The van der Waals surface area contributed by atoms with Crippen molar-refractivity contribution < 1.29 is 14.1 Å². The van der Waals surface area contributed by atoms with Gasteiger partial charge in [-0.15, -0.1) is 0 Å². The van der Waals surface area contributed by atoms with E-state index < -0.39 is 0 Å². The molecule has 0 fully saturated rings. The van der Waals surface area contributed by atoms with E-state index in [2.05, 4.69) is 20.4 Å². The van der Waals surface area contributed by atoms with E-state index in [0.717, 1.165) is 5.39 Å². The highest BCUT2D eigenvalue weighted by molar-refractivity contribution is 5.95. The van der Waals surface area contributed by atoms with Gasteiger partial charge in [0.15, 0.2) is 5.58 Å². The fourth-order valence-corrected chi connectivity index (χ4v) is 2.46. The summed E-state index contributed by atoms with van der Waals surface area (Å²) in [5.74, 6) is -0.201. The molecule has 124 valence electrons. The lowest BCUT2D eigenvalue weighted by Crippen LogP contribution is -2.17. The second-order valence-electron chi connectivity index (χ2n) is 5.34. The number of ether oxygens (including phenoxy) is 1. The number of hydrogen-bond donors (Lipinski definition) is 1. The Morgan fingerprint density at radius 2 is 1.92 bits per heavy atom. The van der Waals surface area contributed by atoms with Gasteiger partial charge in [-0.1, -0.05) is 17.3 Å². The number of aromatic nitrogens is 3. The van der Waals surface area contributed by atoms with Gasteiger partial charge >= 0.3 is 6.01 Å². The van der Waals surface area contributed by atoms with Crippen LogP contribution in [0.1, 0.15) is 24.0 Å². The number of rotatable bonds is 5. The zero-order valence-corrected chi connectivity index (χ0v) is 13.8. The molecule has 7 nitrogen and oxygen atoms in total. The maximum Gasteiger partial charge on any atom is 0.316 e. The van der Waals surface area contributed by atoms with Gasteiger partial charge in [0.25, 0.3) is 0 Å². The van der Waals surface area contributed by atoms with Gasteiger partial charge in [-0.2, -0.15) is 9.97 Å². The number of fused-ring (bicyclic) bond motifs is 1. The number of carbonyl (C=O) groups is 1. The molecule has 7 heteroatoms. The zero-order valence-electron chi connectivity index (χ0n) is 13.8. The zero-order chi connectivity index (χ0) is 17.1. The Hall–Kier alpha value is -2.96. The predicted octanol–water partition coefficient (Wildman–Crippen LogP) is 2.81. The van der Waals surface area contributed by atoms with E-state index in [4.69, 9.17) is 9.26 Å². The first-order chi connectivity index (χ1) is 11.6. The van der Waals surface area contributed by atoms with Crippen molar-refractivity contribution in [1.29, 1.82) is 0 Å². The molecule has 0 aliphatic rings. The molecular weight excluding hydrogens is 308 g/mol. The lowest BCUT2D eigenvalue weighted by Gasteiger charge is -2.11. The van der Waals surface area contributed by atoms with Crippen LogP contribution in [0.4, 0.5) is 5.69 Å². The van der Waals surface area contributed by atoms with Crippen molar-refractivity contribution in [2.24, 2.45) is 0 Å². The summed E-state index contributed by atoms with van der Waals surface area (Å²) in [7, 11) is 0. The Balaban J connectivity index is 1.78. The molecule has 0 saturated carbocycles. The molecule has 0 aliphatic carbocycles. The molecule has 0 radical (unpaired) electrons. The van der Waals surface area contributed by atoms with Crippen molar-refractivity contribution in [3.05, 3.63) is 41.3 Å². The average Bonchev–Trinajstić information content (AvgIpc) is 2.94. The van der Waals surface area contributed by atoms with E-state index in [-0.39, 0.29) is 12.3 Å². The number of aryl methyl sites for hydroxylation is 2. The molecule has 0 bridgehead atoms. The summed E-state index contributed by atoms with van der Waals surface area (Å²) in [6.07, 6.45) is 0.114. The summed E-state index contributed by atoms with van der Waals surface area (Å²) < 4.78 is 10.5. The normalized spacial score (nSPS) is 10.8. The Morgan fingerprint density at radius 1 is 1.21 bits per heavy atom. The summed E-state index contributed by atoms with van der Waals surface area (Å²) in [4.78, 5) is 20.8. The molecule has 0 atom stereocenters. The van der Waals surface area contributed by atoms with Crippen LogP contribution in [0.3, 0.4) is 0 Å². The minimum absolute atomic E-state index is 0.114. The Bertz CT molecular complexity index is 865. The standard InChI is InChI=1S/C17H18N4O3/c1-4-23-17-18-10(2)16(11(3)19-17)20-15(22)9-13-12-7-5-6-8-14(12)24-21-13/h5-8H,4,9H2,1-3H3,(H,20,22). The fraction of sp³-hybridized carbons (Fsp3) is 0.294. The van der Waals surface area contributed by atoms with E-state index >= 15 is 0 Å². The summed E-state index contributed by atoms with van der Waals surface area (Å²) in [5, 5.41) is 7.66. The Kier molecular flexibility index (Phi) is 4.41. The van der Waals surface area contributed by atoms with Crippen LogP contribution in [0.5, 0.6) is 6.01 Å². The van der Waals surface area contributed by atoms with Crippen molar-refractivity contribution in [2.45, 2.75) is 27.2 Å². The highest BCUT2D eigenvalue weighted by atomic mass is 16.5. The number of anilines is 1. The smallest absolute Gasteiger partial charge is 0.316 e. The summed E-state index contributed by atoms with van der Waals surface area (Å²) in [6.45, 7) is 5.96. The summed E-state index contributed by atoms with van der Waals surface area (Å²) >= 11 is 0. The number of benzene rings is 1. The first kappa shape index (κ1) is 15.9. The van der Waals surface area contributed by atoms with Gasteiger partial charge in [0, 0.05) is 5.39 Å². The lowest BCUT2D eigenvalue weighted by atomic mass is 10.1. The van der Waals surface area contributed by atoms with Crippen LogP contribution in [0.2, 0.25) is 0 Å². The van der Waals surface area contributed by atoms with Crippen molar-refractivity contribution >= 4 is 22.6 Å². The highest BCUT2D eigenvalue weighted by Gasteiger charge is 2.15. The largest absolute Gasteiger partial charge is 0.464 e. The predicted molar refractivity (Wildman–Crippen MR) is 89.0 cm³/mol. The molecule has 2 heterocycles. The van der Waals surface area contributed by atoms with Crippen molar-refractivity contribution in [3.8, 4) is 6.01 Å². The van der Waals surface area contributed by atoms with Crippen LogP contribution in [-0.4, -0.2) is 27.6 Å². The molecule has 1 N–H and O–H groups in total. The SMILES string of the molecule is CCOc1nc(C)c(NC(=O)Cc2noc3ccccc23)c(C)n1. The molecule has 0 spiro atoms. The van der Waals surface area contributed by atoms with Gasteiger partial charge in [0.1, 0.15) is 5.69 Å². The second-order valence-corrected chi connectivity index (χ2v) is 5.34. The topological polar surface area (TPSA) is 90.1 Å². The maximum absolute atomic E-state index is 12.4. The summed E-state index contributed by atoms with van der Waals surface area (Å²) in [5.41, 5.74) is 3.17. The number of para-hydroxylation sites is 1. The van der Waals surface area contributed by atoms with E-state index in [0.29, 0.717) is 41.0 Å². The lowest BCUT2D eigenvalue weighted by molar-refractivity contribution is -0.115. The van der Waals surface area contributed by atoms with Crippen molar-refractivity contribution in [1.82, 2.24) is 15.1 Å². The van der Waals surface area contributed by atoms with Gasteiger partial charge in [0.2, 0.25) is 5.91 Å². The second kappa shape index (κ2) is 6.66. The number of amides is 1. The van der Waals surface area contributed by atoms with Crippen LogP contribution in [0, 0.1) is 13.8 Å². The van der Waals surface area contributed by atoms with Crippen molar-refractivity contribution in [3.63, 3.8) is 0 Å². The third-order valence-electron chi connectivity index (χ3n) is 3.57. The molecule has 1 aromatic carbocycles. The minimum Gasteiger partial charge on any atom is -0.464 e. The monoisotopic (exact) mass is 326 g/mol. The van der Waals surface area contributed by atoms with E-state index in [9.17, 15) is 4.79 Å². The molecular formula is C17H18N4O3. The number of carbonyl (C=O) groups excluding carboxylic acids is 1. The van der Waals surface area contributed by atoms with E-state index in [1.165, 1.54) is 0 Å². The van der Waals surface area contributed by atoms with Crippen molar-refractivity contribution in [2.75, 3.05) is 11.9 Å². The molecule has 2 aromatic heterocycles. The van der Waals surface area contributed by atoms with Crippen LogP contribution in [0.25, 0.3) is 11.0 Å². The number of hydrogen-bond acceptors (Lipinski definition) is 6. The molecule has 1 amide bonds. The first-order valence-electron chi connectivity index (χ1n) is 7.69. The van der Waals surface area contributed by atoms with E-state index in [1.54, 1.807) is 13.8 Å². The number of nitrogens with zero attached hydrogens (tertiary/aromatic N) is 3. The van der Waals surface area contributed by atoms with Gasteiger partial charge in [-0.25, -0.2) is 0 Å². The van der Waals surface area contributed by atoms with E-state index in [1.807, 2.05) is 31.2 Å². The summed E-state index contributed by atoms with van der Waals surface area (Å²) in [6, 6.07) is 7.76. The Morgan fingerprint density at radius 3 is 2.62 bits per heavy atom. The van der Waals surface area contributed by atoms with Gasteiger partial charge < -0.3 is 14.6 Å². The molecule has 24 heavy (non-hydrogen) atoms. The van der Waals surface area contributed by atoms with Crippen LogP contribution in [-0.2, 0) is 11.2 Å². The first-order valence-corrected chi connectivity index (χ1v) is 7.69. The highest BCUT2D eigenvalue weighted by Crippen LogP contribution is 2.21. The van der Waals surface area contributed by atoms with Crippen LogP contribution in [0.15, 0.2) is 28.8 Å². The Labute approximate surface area is 139 Å². The quantitative estimate of drug-likeness (QED) is 0.775. The average molecular weight is 326 g/mol. The number of nitrogens with one attached hydrogen (secondary N) is 1. The van der Waals surface area contributed by atoms with Gasteiger partial charge in [-0.3, -0.25) is 4.79 Å². The van der Waals surface area contributed by atoms with Gasteiger partial charge in [-0.05, 0) is 32.9 Å². The fourth-order valence-electron chi connectivity index (χ4n) is 2.46. The maximum atomic E-state index is 12.4.